The molecule has 170 valence electrons. The average Bonchev–Trinajstić information content (AvgIpc) is 2.75. The maximum atomic E-state index is 12.8. The third kappa shape index (κ3) is 7.20. The predicted molar refractivity (Wildman–Crippen MR) is 121 cm³/mol. The number of nitrogens with zero attached hydrogens (tertiary/aromatic N) is 1. The van der Waals surface area contributed by atoms with Gasteiger partial charge >= 0.3 is 5.97 Å². The van der Waals surface area contributed by atoms with Gasteiger partial charge in [-0.25, -0.2) is 0 Å². The van der Waals surface area contributed by atoms with Gasteiger partial charge in [-0.3, -0.25) is 19.7 Å². The van der Waals surface area contributed by atoms with Gasteiger partial charge in [-0.05, 0) is 44.1 Å². The van der Waals surface area contributed by atoms with Crippen molar-refractivity contribution >= 4 is 35.1 Å². The molecular formula is C22H31N3O5S. The lowest BCUT2D eigenvalue weighted by Gasteiger charge is -2.36. The highest BCUT2D eigenvalue weighted by Gasteiger charge is 2.34. The van der Waals surface area contributed by atoms with Crippen LogP contribution in [0.1, 0.15) is 56.8 Å². The Kier molecular flexibility index (Phi) is 9.71. The summed E-state index contributed by atoms with van der Waals surface area (Å²) in [5.74, 6) is -0.761. The topological polar surface area (TPSA) is 97.0 Å². The SMILES string of the molecule is CCCCOc1ccccc1C(=O)NC(=S)N1CCNC(=O)C1CC(=O)OC(C)CC. The van der Waals surface area contributed by atoms with Crippen LogP contribution in [0.3, 0.4) is 0 Å². The highest BCUT2D eigenvalue weighted by Crippen LogP contribution is 2.19. The Balaban J connectivity index is 2.07. The zero-order chi connectivity index (χ0) is 22.8. The Morgan fingerprint density at radius 1 is 1.32 bits per heavy atom. The minimum absolute atomic E-state index is 0.0875. The van der Waals surface area contributed by atoms with Gasteiger partial charge in [-0.15, -0.1) is 0 Å². The van der Waals surface area contributed by atoms with E-state index in [2.05, 4.69) is 17.6 Å². The summed E-state index contributed by atoms with van der Waals surface area (Å²) in [6, 6.07) is 6.09. The van der Waals surface area contributed by atoms with Crippen molar-refractivity contribution in [1.82, 2.24) is 15.5 Å². The van der Waals surface area contributed by atoms with Crippen LogP contribution in [0.5, 0.6) is 5.75 Å². The van der Waals surface area contributed by atoms with Gasteiger partial charge in [0.2, 0.25) is 5.91 Å². The molecule has 2 unspecified atom stereocenters. The fourth-order valence-electron chi connectivity index (χ4n) is 3.02. The molecule has 1 aliphatic heterocycles. The van der Waals surface area contributed by atoms with Gasteiger partial charge in [0, 0.05) is 13.1 Å². The molecule has 1 fully saturated rings. The van der Waals surface area contributed by atoms with Crippen molar-refractivity contribution in [3.8, 4) is 5.75 Å². The molecule has 0 spiro atoms. The Labute approximate surface area is 188 Å². The minimum Gasteiger partial charge on any atom is -0.493 e. The second-order valence-corrected chi connectivity index (χ2v) is 7.76. The van der Waals surface area contributed by atoms with Gasteiger partial charge in [0.15, 0.2) is 5.11 Å². The van der Waals surface area contributed by atoms with E-state index in [1.807, 2.05) is 6.92 Å². The number of hydrogen-bond donors (Lipinski definition) is 2. The van der Waals surface area contributed by atoms with Crippen LogP contribution in [0.25, 0.3) is 0 Å². The van der Waals surface area contributed by atoms with Crippen LogP contribution in [-0.2, 0) is 14.3 Å². The number of ether oxygens (including phenoxy) is 2. The van der Waals surface area contributed by atoms with Crippen molar-refractivity contribution in [2.75, 3.05) is 19.7 Å². The van der Waals surface area contributed by atoms with Gasteiger partial charge in [0.25, 0.3) is 5.91 Å². The summed E-state index contributed by atoms with van der Waals surface area (Å²) >= 11 is 5.41. The molecule has 1 aromatic rings. The van der Waals surface area contributed by atoms with Gasteiger partial charge in [0.05, 0.1) is 24.7 Å². The molecule has 0 bridgehead atoms. The monoisotopic (exact) mass is 449 g/mol. The number of para-hydroxylation sites is 1. The van der Waals surface area contributed by atoms with E-state index in [0.29, 0.717) is 37.4 Å². The fourth-order valence-corrected chi connectivity index (χ4v) is 3.33. The molecule has 0 aromatic heterocycles. The number of carbonyl (C=O) groups is 3. The molecule has 31 heavy (non-hydrogen) atoms. The number of thiocarbonyl (C=S) groups is 1. The summed E-state index contributed by atoms with van der Waals surface area (Å²) in [6.45, 7) is 7.01. The lowest BCUT2D eigenvalue weighted by Crippen LogP contribution is -2.60. The Hall–Kier alpha value is -2.68. The molecule has 2 atom stereocenters. The standard InChI is InChI=1S/C22H31N3O5S/c1-4-6-13-29-18-10-8-7-9-16(18)20(27)24-22(31)25-12-11-23-21(28)17(25)14-19(26)30-15(3)5-2/h7-10,15,17H,4-6,11-14H2,1-3H3,(H,23,28)(H,24,27,31). The van der Waals surface area contributed by atoms with Crippen molar-refractivity contribution in [3.05, 3.63) is 29.8 Å². The van der Waals surface area contributed by atoms with Crippen molar-refractivity contribution in [2.45, 2.75) is 58.6 Å². The summed E-state index contributed by atoms with van der Waals surface area (Å²) in [4.78, 5) is 39.0. The van der Waals surface area contributed by atoms with E-state index in [9.17, 15) is 14.4 Å². The van der Waals surface area contributed by atoms with Crippen molar-refractivity contribution in [2.24, 2.45) is 0 Å². The minimum atomic E-state index is -0.839. The molecule has 0 saturated carbocycles. The van der Waals surface area contributed by atoms with E-state index >= 15 is 0 Å². The average molecular weight is 450 g/mol. The molecular weight excluding hydrogens is 418 g/mol. The van der Waals surface area contributed by atoms with Crippen LogP contribution in [-0.4, -0.2) is 59.6 Å². The van der Waals surface area contributed by atoms with E-state index in [1.54, 1.807) is 36.1 Å². The molecule has 9 heteroatoms. The van der Waals surface area contributed by atoms with Crippen LogP contribution in [0.15, 0.2) is 24.3 Å². The lowest BCUT2D eigenvalue weighted by molar-refractivity contribution is -0.151. The van der Waals surface area contributed by atoms with Gasteiger partial charge < -0.3 is 19.7 Å². The number of nitrogens with one attached hydrogen (secondary N) is 2. The van der Waals surface area contributed by atoms with Crippen molar-refractivity contribution in [3.63, 3.8) is 0 Å². The molecule has 8 nitrogen and oxygen atoms in total. The molecule has 0 radical (unpaired) electrons. The normalized spacial score (nSPS) is 16.8. The largest absolute Gasteiger partial charge is 0.493 e. The van der Waals surface area contributed by atoms with Gasteiger partial charge in [-0.2, -0.15) is 0 Å². The summed E-state index contributed by atoms with van der Waals surface area (Å²) in [5.41, 5.74) is 0.357. The predicted octanol–water partition coefficient (Wildman–Crippen LogP) is 2.41. The van der Waals surface area contributed by atoms with Crippen LogP contribution in [0.4, 0.5) is 0 Å². The van der Waals surface area contributed by atoms with Crippen LogP contribution < -0.4 is 15.4 Å². The van der Waals surface area contributed by atoms with Crippen LogP contribution in [0.2, 0.25) is 0 Å². The quantitative estimate of drug-likeness (QED) is 0.339. The highest BCUT2D eigenvalue weighted by molar-refractivity contribution is 7.80. The van der Waals surface area contributed by atoms with Crippen molar-refractivity contribution in [1.29, 1.82) is 0 Å². The lowest BCUT2D eigenvalue weighted by atomic mass is 10.1. The summed E-state index contributed by atoms with van der Waals surface area (Å²) in [7, 11) is 0. The van der Waals surface area contributed by atoms with Crippen LogP contribution >= 0.6 is 12.2 Å². The molecule has 2 N–H and O–H groups in total. The highest BCUT2D eigenvalue weighted by atomic mass is 32.1. The Bertz CT molecular complexity index is 801. The van der Waals surface area contributed by atoms with Gasteiger partial charge in [-0.1, -0.05) is 32.4 Å². The third-order valence-corrected chi connectivity index (χ3v) is 5.30. The van der Waals surface area contributed by atoms with E-state index in [4.69, 9.17) is 21.7 Å². The van der Waals surface area contributed by atoms with Gasteiger partial charge in [0.1, 0.15) is 11.8 Å². The van der Waals surface area contributed by atoms with E-state index in [0.717, 1.165) is 12.8 Å². The Morgan fingerprint density at radius 3 is 2.77 bits per heavy atom. The summed E-state index contributed by atoms with van der Waals surface area (Å²) in [5, 5.41) is 5.50. The van der Waals surface area contributed by atoms with E-state index in [-0.39, 0.29) is 23.5 Å². The molecule has 1 aromatic carbocycles. The van der Waals surface area contributed by atoms with Crippen molar-refractivity contribution < 1.29 is 23.9 Å². The fraction of sp³-hybridized carbons (Fsp3) is 0.545. The van der Waals surface area contributed by atoms with E-state index in [1.165, 1.54) is 0 Å². The number of unbranched alkanes of at least 4 members (excludes halogenated alkanes) is 1. The number of carbonyl (C=O) groups excluding carboxylic acids is 3. The maximum Gasteiger partial charge on any atom is 0.308 e. The smallest absolute Gasteiger partial charge is 0.308 e. The first-order valence-corrected chi connectivity index (χ1v) is 11.1. The first kappa shape index (κ1) is 24.6. The van der Waals surface area contributed by atoms with Crippen LogP contribution in [0, 0.1) is 0 Å². The second-order valence-electron chi connectivity index (χ2n) is 7.37. The molecule has 1 saturated heterocycles. The first-order valence-electron chi connectivity index (χ1n) is 10.7. The summed E-state index contributed by atoms with van der Waals surface area (Å²) < 4.78 is 11.0. The summed E-state index contributed by atoms with van der Waals surface area (Å²) in [6.07, 6.45) is 2.16. The third-order valence-electron chi connectivity index (χ3n) is 4.97. The van der Waals surface area contributed by atoms with E-state index < -0.39 is 17.9 Å². The number of piperazine rings is 1. The number of rotatable bonds is 9. The molecule has 1 heterocycles. The zero-order valence-electron chi connectivity index (χ0n) is 18.3. The molecule has 2 rings (SSSR count). The zero-order valence-corrected chi connectivity index (χ0v) is 19.1. The maximum absolute atomic E-state index is 12.8. The number of hydrogen-bond acceptors (Lipinski definition) is 6. The molecule has 2 amide bonds. The number of benzene rings is 1. The molecule has 1 aliphatic rings. The first-order chi connectivity index (χ1) is 14.9. The number of esters is 1. The number of amides is 2. The second kappa shape index (κ2) is 12.2. The Morgan fingerprint density at radius 2 is 2.06 bits per heavy atom. The molecule has 0 aliphatic carbocycles.